The van der Waals surface area contributed by atoms with E-state index in [0.717, 1.165) is 17.1 Å². The number of hydrogen-bond donors (Lipinski definition) is 1. The summed E-state index contributed by atoms with van der Waals surface area (Å²) in [6, 6.07) is 10.5. The van der Waals surface area contributed by atoms with Gasteiger partial charge in [0.05, 0.1) is 13.7 Å². The fraction of sp³-hybridized carbons (Fsp3) is 0.250. The monoisotopic (exact) mass is 366 g/mol. The lowest BCUT2D eigenvalue weighted by molar-refractivity contribution is 0.0936. The van der Waals surface area contributed by atoms with Crippen LogP contribution in [0.3, 0.4) is 0 Å². The third kappa shape index (κ3) is 4.08. The lowest BCUT2D eigenvalue weighted by atomic mass is 10.1. The van der Waals surface area contributed by atoms with Crippen molar-refractivity contribution >= 4 is 5.91 Å². The number of carbonyl (C=O) groups excluding carboxylic acids is 1. The highest BCUT2D eigenvalue weighted by Gasteiger charge is 2.23. The molecule has 7 heteroatoms. The van der Waals surface area contributed by atoms with Gasteiger partial charge >= 0.3 is 0 Å². The van der Waals surface area contributed by atoms with Gasteiger partial charge in [0.2, 0.25) is 5.88 Å². The molecule has 0 aliphatic rings. The molecule has 1 N–H and O–H groups in total. The number of amides is 1. The molecule has 0 aliphatic carbocycles. The molecule has 27 heavy (non-hydrogen) atoms. The van der Waals surface area contributed by atoms with Crippen molar-refractivity contribution in [1.82, 2.24) is 19.9 Å². The molecule has 2 heterocycles. The first-order chi connectivity index (χ1) is 13.1. The molecule has 1 amide bonds. The average molecular weight is 366 g/mol. The van der Waals surface area contributed by atoms with E-state index in [1.807, 2.05) is 49.0 Å². The summed E-state index contributed by atoms with van der Waals surface area (Å²) in [4.78, 5) is 21.5. The normalized spacial score (nSPS) is 11.7. The SMILES string of the molecule is CCOc1ncccc1C(=O)N[C@H](c1ccc(OC)cc1)c1nccn1C. The van der Waals surface area contributed by atoms with Crippen molar-refractivity contribution in [3.05, 3.63) is 71.9 Å². The maximum atomic E-state index is 13.0. The van der Waals surface area contributed by atoms with E-state index in [-0.39, 0.29) is 5.91 Å². The smallest absolute Gasteiger partial charge is 0.257 e. The predicted octanol–water partition coefficient (Wildman–Crippen LogP) is 2.74. The van der Waals surface area contributed by atoms with E-state index in [1.165, 1.54) is 0 Å². The highest BCUT2D eigenvalue weighted by atomic mass is 16.5. The third-order valence-electron chi connectivity index (χ3n) is 4.14. The van der Waals surface area contributed by atoms with Crippen molar-refractivity contribution in [2.24, 2.45) is 7.05 Å². The molecular weight excluding hydrogens is 344 g/mol. The van der Waals surface area contributed by atoms with Crippen LogP contribution in [0.1, 0.15) is 34.7 Å². The van der Waals surface area contributed by atoms with Gasteiger partial charge in [-0.25, -0.2) is 9.97 Å². The maximum absolute atomic E-state index is 13.0. The molecule has 1 aromatic carbocycles. The Labute approximate surface area is 158 Å². The number of benzene rings is 1. The number of methoxy groups -OCH3 is 1. The quantitative estimate of drug-likeness (QED) is 0.696. The molecule has 0 spiro atoms. The molecule has 0 unspecified atom stereocenters. The number of pyridine rings is 1. The Bertz CT molecular complexity index is 906. The Morgan fingerprint density at radius 3 is 2.59 bits per heavy atom. The first-order valence-corrected chi connectivity index (χ1v) is 8.64. The number of rotatable bonds is 7. The van der Waals surface area contributed by atoms with Gasteiger partial charge in [0.25, 0.3) is 5.91 Å². The Morgan fingerprint density at radius 2 is 1.96 bits per heavy atom. The highest BCUT2D eigenvalue weighted by molar-refractivity contribution is 5.96. The van der Waals surface area contributed by atoms with Gasteiger partial charge < -0.3 is 19.4 Å². The van der Waals surface area contributed by atoms with Gasteiger partial charge in [0, 0.05) is 25.6 Å². The van der Waals surface area contributed by atoms with Crippen LogP contribution in [0, 0.1) is 0 Å². The topological polar surface area (TPSA) is 78.3 Å². The summed E-state index contributed by atoms with van der Waals surface area (Å²) in [5.41, 5.74) is 1.27. The zero-order valence-electron chi connectivity index (χ0n) is 15.5. The van der Waals surface area contributed by atoms with Gasteiger partial charge in [-0.15, -0.1) is 0 Å². The number of aromatic nitrogens is 3. The average Bonchev–Trinajstić information content (AvgIpc) is 3.12. The van der Waals surface area contributed by atoms with E-state index in [9.17, 15) is 4.79 Å². The molecule has 3 aromatic rings. The first kappa shape index (κ1) is 18.4. The summed E-state index contributed by atoms with van der Waals surface area (Å²) < 4.78 is 12.6. The van der Waals surface area contributed by atoms with Crippen LogP contribution in [0.2, 0.25) is 0 Å². The molecule has 0 saturated carbocycles. The van der Waals surface area contributed by atoms with Crippen molar-refractivity contribution in [1.29, 1.82) is 0 Å². The Balaban J connectivity index is 1.94. The molecule has 1 atom stereocenters. The highest BCUT2D eigenvalue weighted by Crippen LogP contribution is 2.24. The van der Waals surface area contributed by atoms with Gasteiger partial charge in [-0.05, 0) is 36.8 Å². The second kappa shape index (κ2) is 8.35. The first-order valence-electron chi connectivity index (χ1n) is 8.64. The largest absolute Gasteiger partial charge is 0.497 e. The summed E-state index contributed by atoms with van der Waals surface area (Å²) in [5.74, 6) is 1.49. The van der Waals surface area contributed by atoms with Crippen LogP contribution < -0.4 is 14.8 Å². The fourth-order valence-electron chi connectivity index (χ4n) is 2.77. The standard InChI is InChI=1S/C20H22N4O3/c1-4-27-20-16(6-5-11-22-20)19(25)23-17(18-21-12-13-24(18)2)14-7-9-15(26-3)10-8-14/h5-13,17H,4H2,1-3H3,(H,23,25)/t17-/m1/s1. The fourth-order valence-corrected chi connectivity index (χ4v) is 2.77. The Morgan fingerprint density at radius 1 is 1.19 bits per heavy atom. The molecule has 0 fully saturated rings. The number of nitrogens with zero attached hydrogens (tertiary/aromatic N) is 3. The molecular formula is C20H22N4O3. The van der Waals surface area contributed by atoms with Crippen LogP contribution in [0.5, 0.6) is 11.6 Å². The minimum Gasteiger partial charge on any atom is -0.497 e. The Hall–Kier alpha value is -3.35. The summed E-state index contributed by atoms with van der Waals surface area (Å²) in [7, 11) is 3.51. The molecule has 3 rings (SSSR count). The minimum atomic E-state index is -0.432. The molecule has 0 radical (unpaired) electrons. The van der Waals surface area contributed by atoms with E-state index in [0.29, 0.717) is 18.1 Å². The van der Waals surface area contributed by atoms with Crippen molar-refractivity contribution in [2.45, 2.75) is 13.0 Å². The van der Waals surface area contributed by atoms with Gasteiger partial charge in [0.15, 0.2) is 0 Å². The zero-order chi connectivity index (χ0) is 19.2. The lowest BCUT2D eigenvalue weighted by Crippen LogP contribution is -2.31. The van der Waals surface area contributed by atoms with E-state index in [4.69, 9.17) is 9.47 Å². The van der Waals surface area contributed by atoms with Crippen molar-refractivity contribution in [3.8, 4) is 11.6 Å². The van der Waals surface area contributed by atoms with Gasteiger partial charge in [-0.3, -0.25) is 4.79 Å². The molecule has 0 bridgehead atoms. The summed E-state index contributed by atoms with van der Waals surface area (Å²) in [6.07, 6.45) is 5.14. The van der Waals surface area contributed by atoms with Crippen LogP contribution in [-0.2, 0) is 7.05 Å². The van der Waals surface area contributed by atoms with Crippen molar-refractivity contribution in [3.63, 3.8) is 0 Å². The van der Waals surface area contributed by atoms with E-state index >= 15 is 0 Å². The third-order valence-corrected chi connectivity index (χ3v) is 4.14. The molecule has 7 nitrogen and oxygen atoms in total. The van der Waals surface area contributed by atoms with Crippen molar-refractivity contribution in [2.75, 3.05) is 13.7 Å². The van der Waals surface area contributed by atoms with E-state index in [1.54, 1.807) is 31.6 Å². The van der Waals surface area contributed by atoms with Crippen LogP contribution in [0.25, 0.3) is 0 Å². The van der Waals surface area contributed by atoms with E-state index in [2.05, 4.69) is 15.3 Å². The lowest BCUT2D eigenvalue weighted by Gasteiger charge is -2.20. The molecule has 140 valence electrons. The molecule has 0 saturated heterocycles. The van der Waals surface area contributed by atoms with Crippen molar-refractivity contribution < 1.29 is 14.3 Å². The number of nitrogens with one attached hydrogen (secondary N) is 1. The van der Waals surface area contributed by atoms with E-state index < -0.39 is 6.04 Å². The van der Waals surface area contributed by atoms with Crippen LogP contribution in [0.15, 0.2) is 55.0 Å². The van der Waals surface area contributed by atoms with Gasteiger partial charge in [-0.2, -0.15) is 0 Å². The molecule has 2 aromatic heterocycles. The summed E-state index contributed by atoms with van der Waals surface area (Å²) in [5, 5.41) is 3.05. The number of hydrogen-bond acceptors (Lipinski definition) is 5. The second-order valence-electron chi connectivity index (χ2n) is 5.87. The minimum absolute atomic E-state index is 0.282. The van der Waals surface area contributed by atoms with Crippen LogP contribution >= 0.6 is 0 Å². The number of carbonyl (C=O) groups is 1. The Kier molecular flexibility index (Phi) is 5.71. The number of imidazole rings is 1. The summed E-state index contributed by atoms with van der Waals surface area (Å²) in [6.45, 7) is 2.28. The number of aryl methyl sites for hydroxylation is 1. The zero-order valence-corrected chi connectivity index (χ0v) is 15.5. The maximum Gasteiger partial charge on any atom is 0.257 e. The van der Waals surface area contributed by atoms with Crippen LogP contribution in [-0.4, -0.2) is 34.2 Å². The van der Waals surface area contributed by atoms with Gasteiger partial charge in [0.1, 0.15) is 23.2 Å². The second-order valence-corrected chi connectivity index (χ2v) is 5.87. The summed E-state index contributed by atoms with van der Waals surface area (Å²) >= 11 is 0. The predicted molar refractivity (Wildman–Crippen MR) is 101 cm³/mol. The number of ether oxygens (including phenoxy) is 2. The molecule has 0 aliphatic heterocycles. The van der Waals surface area contributed by atoms with Crippen LogP contribution in [0.4, 0.5) is 0 Å². The van der Waals surface area contributed by atoms with Gasteiger partial charge in [-0.1, -0.05) is 12.1 Å².